The lowest BCUT2D eigenvalue weighted by Crippen LogP contribution is -2.22. The van der Waals surface area contributed by atoms with Crippen molar-refractivity contribution in [3.05, 3.63) is 5.01 Å². The summed E-state index contributed by atoms with van der Waals surface area (Å²) in [6, 6.07) is -0.457. The number of rotatable bonds is 5. The smallest absolute Gasteiger partial charge is 0.445 e. The molecular formula is C8H10F3N3O2S. The zero-order chi connectivity index (χ0) is 13.1. The fourth-order valence-corrected chi connectivity index (χ4v) is 1.77. The molecule has 0 fully saturated rings. The number of nitrogens with one attached hydrogen (secondary N) is 1. The normalized spacial score (nSPS) is 13.4. The van der Waals surface area contributed by atoms with E-state index in [2.05, 4.69) is 15.5 Å². The SMILES string of the molecule is CCC(CC(=O)O)Nc1nnc(C(F)(F)F)s1. The van der Waals surface area contributed by atoms with E-state index in [-0.39, 0.29) is 11.6 Å². The van der Waals surface area contributed by atoms with Gasteiger partial charge in [-0.2, -0.15) is 13.2 Å². The number of aromatic nitrogens is 2. The van der Waals surface area contributed by atoms with Crippen molar-refractivity contribution in [1.82, 2.24) is 10.2 Å². The average molecular weight is 269 g/mol. The van der Waals surface area contributed by atoms with Gasteiger partial charge in [-0.3, -0.25) is 4.79 Å². The van der Waals surface area contributed by atoms with Crippen LogP contribution in [-0.4, -0.2) is 27.3 Å². The third-order valence-corrected chi connectivity index (χ3v) is 2.81. The molecule has 2 N–H and O–H groups in total. The number of hydrogen-bond donors (Lipinski definition) is 2. The van der Waals surface area contributed by atoms with E-state index in [1.54, 1.807) is 6.92 Å². The first kappa shape index (κ1) is 13.7. The van der Waals surface area contributed by atoms with Gasteiger partial charge in [-0.25, -0.2) is 0 Å². The molecule has 0 aromatic carbocycles. The molecule has 9 heteroatoms. The van der Waals surface area contributed by atoms with Crippen LogP contribution < -0.4 is 5.32 Å². The van der Waals surface area contributed by atoms with Crippen LogP contribution in [0.2, 0.25) is 0 Å². The Labute approximate surface area is 98.7 Å². The van der Waals surface area contributed by atoms with Crippen molar-refractivity contribution in [3.63, 3.8) is 0 Å². The lowest BCUT2D eigenvalue weighted by atomic mass is 10.1. The van der Waals surface area contributed by atoms with Crippen molar-refractivity contribution in [3.8, 4) is 0 Å². The monoisotopic (exact) mass is 269 g/mol. The highest BCUT2D eigenvalue weighted by atomic mass is 32.1. The number of hydrogen-bond acceptors (Lipinski definition) is 5. The van der Waals surface area contributed by atoms with Gasteiger partial charge < -0.3 is 10.4 Å². The lowest BCUT2D eigenvalue weighted by Gasteiger charge is -2.12. The summed E-state index contributed by atoms with van der Waals surface area (Å²) in [5, 5.41) is 16.4. The molecule has 0 spiro atoms. The zero-order valence-electron chi connectivity index (χ0n) is 8.78. The molecule has 1 heterocycles. The molecule has 0 aliphatic rings. The predicted molar refractivity (Wildman–Crippen MR) is 54.9 cm³/mol. The van der Waals surface area contributed by atoms with Gasteiger partial charge in [-0.15, -0.1) is 10.2 Å². The highest BCUT2D eigenvalue weighted by Crippen LogP contribution is 2.33. The summed E-state index contributed by atoms with van der Waals surface area (Å²) in [4.78, 5) is 10.5. The van der Waals surface area contributed by atoms with Crippen LogP contribution >= 0.6 is 11.3 Å². The van der Waals surface area contributed by atoms with Crippen LogP contribution in [0.25, 0.3) is 0 Å². The summed E-state index contributed by atoms with van der Waals surface area (Å²) in [5.74, 6) is -1.02. The Morgan fingerprint density at radius 3 is 2.59 bits per heavy atom. The summed E-state index contributed by atoms with van der Waals surface area (Å²) in [6.07, 6.45) is -4.24. The molecule has 17 heavy (non-hydrogen) atoms. The maximum atomic E-state index is 12.2. The summed E-state index contributed by atoms with van der Waals surface area (Å²) < 4.78 is 36.7. The van der Waals surface area contributed by atoms with Crippen molar-refractivity contribution in [2.75, 3.05) is 5.32 Å². The van der Waals surface area contributed by atoms with Crippen molar-refractivity contribution in [2.45, 2.75) is 32.0 Å². The van der Waals surface area contributed by atoms with Gasteiger partial charge in [0.15, 0.2) is 0 Å². The van der Waals surface area contributed by atoms with E-state index in [0.29, 0.717) is 17.8 Å². The minimum Gasteiger partial charge on any atom is -0.481 e. The standard InChI is InChI=1S/C8H10F3N3O2S/c1-2-4(3-5(15)16)12-7-14-13-6(17-7)8(9,10)11/h4H,2-3H2,1H3,(H,12,14)(H,15,16). The van der Waals surface area contributed by atoms with Crippen LogP contribution in [0.3, 0.4) is 0 Å². The second kappa shape index (κ2) is 5.30. The Morgan fingerprint density at radius 1 is 1.53 bits per heavy atom. The first-order chi connectivity index (χ1) is 7.82. The van der Waals surface area contributed by atoms with Crippen molar-refractivity contribution < 1.29 is 23.1 Å². The molecule has 0 amide bonds. The van der Waals surface area contributed by atoms with E-state index in [4.69, 9.17) is 5.11 Å². The van der Waals surface area contributed by atoms with E-state index < -0.39 is 23.2 Å². The van der Waals surface area contributed by atoms with E-state index in [1.165, 1.54) is 0 Å². The van der Waals surface area contributed by atoms with Crippen LogP contribution in [0, 0.1) is 0 Å². The first-order valence-corrected chi connectivity index (χ1v) is 5.53. The number of halogens is 3. The highest BCUT2D eigenvalue weighted by Gasteiger charge is 2.35. The van der Waals surface area contributed by atoms with Crippen molar-refractivity contribution in [1.29, 1.82) is 0 Å². The quantitative estimate of drug-likeness (QED) is 0.857. The Morgan fingerprint density at radius 2 is 2.18 bits per heavy atom. The van der Waals surface area contributed by atoms with Gasteiger partial charge >= 0.3 is 12.1 Å². The number of nitrogens with zero attached hydrogens (tertiary/aromatic N) is 2. The fourth-order valence-electron chi connectivity index (χ4n) is 1.08. The van der Waals surface area contributed by atoms with Gasteiger partial charge in [0.25, 0.3) is 0 Å². The van der Waals surface area contributed by atoms with Crippen molar-refractivity contribution >= 4 is 22.4 Å². The predicted octanol–water partition coefficient (Wildman–Crippen LogP) is 2.22. The molecule has 5 nitrogen and oxygen atoms in total. The van der Waals surface area contributed by atoms with Gasteiger partial charge in [-0.1, -0.05) is 18.3 Å². The van der Waals surface area contributed by atoms with Gasteiger partial charge in [0.05, 0.1) is 6.42 Å². The van der Waals surface area contributed by atoms with E-state index in [1.807, 2.05) is 0 Å². The number of aliphatic carboxylic acids is 1. The highest BCUT2D eigenvalue weighted by molar-refractivity contribution is 7.15. The molecule has 1 aromatic heterocycles. The summed E-state index contributed by atoms with van der Waals surface area (Å²) in [6.45, 7) is 1.73. The van der Waals surface area contributed by atoms with E-state index in [0.717, 1.165) is 0 Å². The number of alkyl halides is 3. The molecule has 0 aliphatic carbocycles. The molecular weight excluding hydrogens is 259 g/mol. The Bertz CT molecular complexity index is 394. The minimum atomic E-state index is -4.52. The third-order valence-electron chi connectivity index (χ3n) is 1.91. The average Bonchev–Trinajstić information content (AvgIpc) is 2.63. The number of anilines is 1. The molecule has 0 saturated heterocycles. The molecule has 1 rings (SSSR count). The van der Waals surface area contributed by atoms with Crippen molar-refractivity contribution in [2.24, 2.45) is 0 Å². The van der Waals surface area contributed by atoms with Gasteiger partial charge in [0, 0.05) is 6.04 Å². The Balaban J connectivity index is 2.68. The Kier molecular flexibility index (Phi) is 4.27. The van der Waals surface area contributed by atoms with Crippen LogP contribution in [0.4, 0.5) is 18.3 Å². The summed E-state index contributed by atoms with van der Waals surface area (Å²) >= 11 is 0.359. The third kappa shape index (κ3) is 4.17. The molecule has 0 bridgehead atoms. The molecule has 0 radical (unpaired) electrons. The lowest BCUT2D eigenvalue weighted by molar-refractivity contribution is -0.138. The van der Waals surface area contributed by atoms with Crippen LogP contribution in [0.5, 0.6) is 0 Å². The molecule has 1 atom stereocenters. The second-order valence-electron chi connectivity index (χ2n) is 3.26. The fraction of sp³-hybridized carbons (Fsp3) is 0.625. The maximum absolute atomic E-state index is 12.2. The molecule has 0 aliphatic heterocycles. The van der Waals surface area contributed by atoms with Gasteiger partial charge in [0.2, 0.25) is 10.1 Å². The van der Waals surface area contributed by atoms with Crippen LogP contribution in [0.15, 0.2) is 0 Å². The Hall–Kier alpha value is -1.38. The first-order valence-electron chi connectivity index (χ1n) is 4.72. The molecule has 96 valence electrons. The number of carbonyl (C=O) groups is 1. The maximum Gasteiger partial charge on any atom is 0.445 e. The molecule has 1 unspecified atom stereocenters. The number of carboxylic acid groups (broad SMARTS) is 1. The molecule has 1 aromatic rings. The largest absolute Gasteiger partial charge is 0.481 e. The minimum absolute atomic E-state index is 0.0228. The summed E-state index contributed by atoms with van der Waals surface area (Å²) in [7, 11) is 0. The van der Waals surface area contributed by atoms with Gasteiger partial charge in [-0.05, 0) is 6.42 Å². The zero-order valence-corrected chi connectivity index (χ0v) is 9.60. The van der Waals surface area contributed by atoms with E-state index in [9.17, 15) is 18.0 Å². The van der Waals surface area contributed by atoms with Crippen LogP contribution in [0.1, 0.15) is 24.8 Å². The molecule has 0 saturated carbocycles. The topological polar surface area (TPSA) is 75.1 Å². The second-order valence-corrected chi connectivity index (χ2v) is 4.24. The van der Waals surface area contributed by atoms with Crippen LogP contribution in [-0.2, 0) is 11.0 Å². The van der Waals surface area contributed by atoms with E-state index >= 15 is 0 Å². The van der Waals surface area contributed by atoms with Gasteiger partial charge in [0.1, 0.15) is 0 Å². The summed E-state index contributed by atoms with van der Waals surface area (Å²) in [5.41, 5.74) is 0. The number of carboxylic acids is 1.